The minimum Gasteiger partial charge on any atom is -0.288 e. The fraction of sp³-hybridized carbons (Fsp3) is 0.111. The van der Waals surface area contributed by atoms with Gasteiger partial charge >= 0.3 is 6.18 Å². The summed E-state index contributed by atoms with van der Waals surface area (Å²) in [6.45, 7) is 0. The number of hydrogen-bond acceptors (Lipinski definition) is 4. The molecule has 100 valence electrons. The molecule has 10 heteroatoms. The fourth-order valence-corrected chi connectivity index (χ4v) is 1.30. The first-order valence-electron chi connectivity index (χ1n) is 4.79. The summed E-state index contributed by atoms with van der Waals surface area (Å²) >= 11 is 5.65. The van der Waals surface area contributed by atoms with Crippen molar-refractivity contribution in [1.29, 1.82) is 0 Å². The molecule has 2 N–H and O–H groups in total. The smallest absolute Gasteiger partial charge is 0.288 e. The highest BCUT2D eigenvalue weighted by Crippen LogP contribution is 2.26. The summed E-state index contributed by atoms with van der Waals surface area (Å²) in [5.41, 5.74) is -0.0640. The number of rotatable bonds is 2. The van der Waals surface area contributed by atoms with Crippen molar-refractivity contribution in [2.24, 2.45) is 0 Å². The molecule has 2 heterocycles. The van der Waals surface area contributed by atoms with Gasteiger partial charge in [0.1, 0.15) is 5.69 Å². The van der Waals surface area contributed by atoms with Crippen LogP contribution in [-0.4, -0.2) is 26.1 Å². The van der Waals surface area contributed by atoms with E-state index in [-0.39, 0.29) is 10.7 Å². The molecule has 19 heavy (non-hydrogen) atoms. The number of nitrogens with zero attached hydrogens (tertiary/aromatic N) is 3. The Bertz CT molecular complexity index is 612. The molecule has 0 radical (unpaired) electrons. The number of halogens is 4. The van der Waals surface area contributed by atoms with Crippen molar-refractivity contribution in [3.63, 3.8) is 0 Å². The number of pyridine rings is 1. The molecule has 0 aliphatic heterocycles. The van der Waals surface area contributed by atoms with Gasteiger partial charge in [-0.05, 0) is 12.1 Å². The van der Waals surface area contributed by atoms with Gasteiger partial charge in [-0.1, -0.05) is 11.6 Å². The number of alkyl halides is 3. The van der Waals surface area contributed by atoms with E-state index in [4.69, 9.17) is 11.6 Å². The molecule has 2 aromatic heterocycles. The summed E-state index contributed by atoms with van der Waals surface area (Å²) in [5.74, 6) is -2.57. The fourth-order valence-electron chi connectivity index (χ4n) is 1.14. The molecule has 0 unspecified atom stereocenters. The molecule has 0 aromatic carbocycles. The van der Waals surface area contributed by atoms with E-state index < -0.39 is 23.9 Å². The van der Waals surface area contributed by atoms with E-state index in [1.165, 1.54) is 18.3 Å². The topological polar surface area (TPSA) is 83.6 Å². The van der Waals surface area contributed by atoms with Crippen molar-refractivity contribution < 1.29 is 18.0 Å². The van der Waals surface area contributed by atoms with Crippen molar-refractivity contribution in [1.82, 2.24) is 20.2 Å². The lowest BCUT2D eigenvalue weighted by molar-refractivity contribution is -0.144. The zero-order chi connectivity index (χ0) is 14.0. The lowest BCUT2D eigenvalue weighted by Crippen LogP contribution is -2.15. The van der Waals surface area contributed by atoms with Crippen LogP contribution in [0.5, 0.6) is 0 Å². The second-order valence-corrected chi connectivity index (χ2v) is 3.76. The van der Waals surface area contributed by atoms with Crippen LogP contribution < -0.4 is 5.32 Å². The predicted octanol–water partition coefficient (Wildman–Crippen LogP) is 2.12. The third kappa shape index (κ3) is 3.19. The molecule has 0 saturated heterocycles. The Morgan fingerprint density at radius 1 is 1.42 bits per heavy atom. The third-order valence-electron chi connectivity index (χ3n) is 1.93. The summed E-state index contributed by atoms with van der Waals surface area (Å²) in [6.07, 6.45) is -3.37. The lowest BCUT2D eigenvalue weighted by atomic mass is 10.3. The maximum Gasteiger partial charge on any atom is 0.451 e. The lowest BCUT2D eigenvalue weighted by Gasteiger charge is -2.00. The van der Waals surface area contributed by atoms with Crippen molar-refractivity contribution in [3.8, 4) is 0 Å². The van der Waals surface area contributed by atoms with Gasteiger partial charge in [0.05, 0.1) is 0 Å². The van der Waals surface area contributed by atoms with Gasteiger partial charge in [-0.2, -0.15) is 18.2 Å². The third-order valence-corrected chi connectivity index (χ3v) is 2.17. The second-order valence-electron chi connectivity index (χ2n) is 3.32. The first kappa shape index (κ1) is 13.3. The van der Waals surface area contributed by atoms with Crippen LogP contribution in [0.1, 0.15) is 16.3 Å². The molecule has 0 bridgehead atoms. The maximum absolute atomic E-state index is 12.2. The maximum atomic E-state index is 12.2. The van der Waals surface area contributed by atoms with Crippen LogP contribution >= 0.6 is 11.6 Å². The van der Waals surface area contributed by atoms with Crippen LogP contribution in [0.2, 0.25) is 5.02 Å². The van der Waals surface area contributed by atoms with Gasteiger partial charge in [-0.3, -0.25) is 20.2 Å². The van der Waals surface area contributed by atoms with Crippen molar-refractivity contribution >= 4 is 23.5 Å². The number of amides is 1. The average Bonchev–Trinajstić information content (AvgIpc) is 2.77. The van der Waals surface area contributed by atoms with E-state index in [1.54, 1.807) is 5.10 Å². The number of aromatic nitrogens is 4. The number of H-pyrrole nitrogens is 1. The van der Waals surface area contributed by atoms with Crippen molar-refractivity contribution in [2.75, 3.05) is 5.32 Å². The minimum atomic E-state index is -4.66. The summed E-state index contributed by atoms with van der Waals surface area (Å²) in [6, 6.07) is 2.71. The van der Waals surface area contributed by atoms with Crippen LogP contribution in [0, 0.1) is 0 Å². The zero-order valence-electron chi connectivity index (χ0n) is 8.99. The molecule has 2 rings (SSSR count). The van der Waals surface area contributed by atoms with Crippen LogP contribution in [0.15, 0.2) is 18.3 Å². The number of nitrogens with one attached hydrogen (secondary N) is 2. The van der Waals surface area contributed by atoms with Gasteiger partial charge in [-0.15, -0.1) is 5.10 Å². The molecule has 1 amide bonds. The average molecular weight is 292 g/mol. The Kier molecular flexibility index (Phi) is 3.38. The molecular formula is C9H5ClF3N5O. The van der Waals surface area contributed by atoms with E-state index in [0.717, 1.165) is 0 Å². The Morgan fingerprint density at radius 2 is 2.16 bits per heavy atom. The summed E-state index contributed by atoms with van der Waals surface area (Å²) in [5, 5.41) is 7.22. The summed E-state index contributed by atoms with van der Waals surface area (Å²) < 4.78 is 36.7. The van der Waals surface area contributed by atoms with Crippen LogP contribution in [0.4, 0.5) is 19.1 Å². The van der Waals surface area contributed by atoms with Crippen LogP contribution in [-0.2, 0) is 6.18 Å². The molecule has 0 aliphatic rings. The molecule has 2 aromatic rings. The quantitative estimate of drug-likeness (QED) is 0.888. The van der Waals surface area contributed by atoms with E-state index in [2.05, 4.69) is 20.4 Å². The van der Waals surface area contributed by atoms with E-state index in [1.807, 2.05) is 0 Å². The van der Waals surface area contributed by atoms with Gasteiger partial charge < -0.3 is 0 Å². The zero-order valence-corrected chi connectivity index (χ0v) is 9.75. The van der Waals surface area contributed by atoms with Gasteiger partial charge in [0.2, 0.25) is 11.8 Å². The van der Waals surface area contributed by atoms with Crippen LogP contribution in [0.3, 0.4) is 0 Å². The molecular weight excluding hydrogens is 287 g/mol. The highest BCUT2D eigenvalue weighted by molar-refractivity contribution is 6.30. The highest BCUT2D eigenvalue weighted by Gasteiger charge is 2.35. The Hall–Kier alpha value is -2.16. The number of carbonyl (C=O) groups excluding carboxylic acids is 1. The van der Waals surface area contributed by atoms with E-state index in [0.29, 0.717) is 0 Å². The Balaban J connectivity index is 2.13. The normalized spacial score (nSPS) is 11.4. The standard InChI is InChI=1S/C9H5ClF3N5O/c10-4-1-2-14-5(3-4)6(19)15-8-16-7(17-18-8)9(11,12)13/h1-3H,(H2,15,16,17,18,19). The molecule has 6 nitrogen and oxygen atoms in total. The highest BCUT2D eigenvalue weighted by atomic mass is 35.5. The first-order chi connectivity index (χ1) is 8.86. The van der Waals surface area contributed by atoms with Gasteiger partial charge in [0, 0.05) is 11.2 Å². The van der Waals surface area contributed by atoms with E-state index in [9.17, 15) is 18.0 Å². The minimum absolute atomic E-state index is 0.0640. The number of anilines is 1. The molecule has 0 aliphatic carbocycles. The molecule has 0 atom stereocenters. The predicted molar refractivity (Wildman–Crippen MR) is 58.6 cm³/mol. The van der Waals surface area contributed by atoms with Crippen molar-refractivity contribution in [3.05, 3.63) is 34.9 Å². The van der Waals surface area contributed by atoms with Gasteiger partial charge in [0.25, 0.3) is 5.91 Å². The second kappa shape index (κ2) is 4.84. The van der Waals surface area contributed by atoms with Crippen LogP contribution in [0.25, 0.3) is 0 Å². The van der Waals surface area contributed by atoms with Gasteiger partial charge in [-0.25, -0.2) is 0 Å². The summed E-state index contributed by atoms with van der Waals surface area (Å²) in [7, 11) is 0. The summed E-state index contributed by atoms with van der Waals surface area (Å²) in [4.78, 5) is 18.4. The Labute approximate surface area is 109 Å². The first-order valence-corrected chi connectivity index (χ1v) is 5.16. The number of aromatic amines is 1. The number of carbonyl (C=O) groups is 1. The molecule has 0 saturated carbocycles. The Morgan fingerprint density at radius 3 is 2.74 bits per heavy atom. The largest absolute Gasteiger partial charge is 0.451 e. The monoisotopic (exact) mass is 291 g/mol. The molecule has 0 fully saturated rings. The number of hydrogen-bond donors (Lipinski definition) is 2. The van der Waals surface area contributed by atoms with Gasteiger partial charge in [0.15, 0.2) is 0 Å². The van der Waals surface area contributed by atoms with E-state index >= 15 is 0 Å². The molecule has 0 spiro atoms. The van der Waals surface area contributed by atoms with Crippen molar-refractivity contribution in [2.45, 2.75) is 6.18 Å². The SMILES string of the molecule is O=C(Nc1n[nH]c(C(F)(F)F)n1)c1cc(Cl)ccn1.